The van der Waals surface area contributed by atoms with E-state index in [9.17, 15) is 0 Å². The van der Waals surface area contributed by atoms with Crippen LogP contribution in [0.3, 0.4) is 0 Å². The molecule has 0 radical (unpaired) electrons. The number of hydrogen-bond donors (Lipinski definition) is 1. The van der Waals surface area contributed by atoms with E-state index in [-0.39, 0.29) is 0 Å². The van der Waals surface area contributed by atoms with Gasteiger partial charge in [0.05, 0.1) is 0 Å². The van der Waals surface area contributed by atoms with E-state index in [4.69, 9.17) is 0 Å². The van der Waals surface area contributed by atoms with Gasteiger partial charge in [-0.2, -0.15) is 0 Å². The Balaban J connectivity index is 1.99. The van der Waals surface area contributed by atoms with Crippen LogP contribution in [0, 0.1) is 6.92 Å². The highest BCUT2D eigenvalue weighted by Crippen LogP contribution is 2.12. The minimum absolute atomic E-state index is 0.685. The molecule has 3 nitrogen and oxygen atoms in total. The molecule has 0 aliphatic carbocycles. The van der Waals surface area contributed by atoms with Crippen molar-refractivity contribution in [1.29, 1.82) is 0 Å². The van der Waals surface area contributed by atoms with Gasteiger partial charge < -0.3 is 5.32 Å². The van der Waals surface area contributed by atoms with Gasteiger partial charge in [-0.05, 0) is 38.6 Å². The predicted molar refractivity (Wildman–Crippen MR) is 61.7 cm³/mol. The molecule has 1 aromatic rings. The Morgan fingerprint density at radius 3 is 3.13 bits per heavy atom. The number of nitrogens with one attached hydrogen (secondary N) is 1. The Bertz CT molecular complexity index is 318. The van der Waals surface area contributed by atoms with Crippen LogP contribution in [-0.2, 0) is 6.54 Å². The molecule has 0 saturated carbocycles. The van der Waals surface area contributed by atoms with Crippen LogP contribution in [0.5, 0.6) is 0 Å². The molecule has 0 spiro atoms. The third-order valence-corrected chi connectivity index (χ3v) is 3.19. The van der Waals surface area contributed by atoms with Crippen LogP contribution >= 0.6 is 0 Å². The summed E-state index contributed by atoms with van der Waals surface area (Å²) in [6.07, 6.45) is 3.12. The van der Waals surface area contributed by atoms with Gasteiger partial charge in [0.15, 0.2) is 0 Å². The molecule has 15 heavy (non-hydrogen) atoms. The van der Waals surface area contributed by atoms with Crippen molar-refractivity contribution in [1.82, 2.24) is 15.2 Å². The third-order valence-electron chi connectivity index (χ3n) is 3.19. The van der Waals surface area contributed by atoms with Crippen molar-refractivity contribution < 1.29 is 0 Å². The van der Waals surface area contributed by atoms with Crippen LogP contribution in [0.15, 0.2) is 18.3 Å². The Labute approximate surface area is 91.5 Å². The zero-order valence-electron chi connectivity index (χ0n) is 9.53. The summed E-state index contributed by atoms with van der Waals surface area (Å²) in [6, 6.07) is 4.87. The Hall–Kier alpha value is -0.930. The number of rotatable bonds is 3. The first-order chi connectivity index (χ1) is 7.27. The summed E-state index contributed by atoms with van der Waals surface area (Å²) < 4.78 is 0. The largest absolute Gasteiger partial charge is 0.315 e. The first kappa shape index (κ1) is 10.6. The highest BCUT2D eigenvalue weighted by Gasteiger charge is 2.19. The van der Waals surface area contributed by atoms with Crippen molar-refractivity contribution in [2.75, 3.05) is 20.1 Å². The molecular formula is C12H19N3. The van der Waals surface area contributed by atoms with Gasteiger partial charge in [0.2, 0.25) is 0 Å². The maximum atomic E-state index is 4.32. The number of aryl methyl sites for hydroxylation is 1. The SMILES string of the molecule is Cc1ncccc1CN(C)C1CCNC1. The summed E-state index contributed by atoms with van der Waals surface area (Å²) in [5, 5.41) is 3.40. The lowest BCUT2D eigenvalue weighted by Crippen LogP contribution is -2.33. The summed E-state index contributed by atoms with van der Waals surface area (Å²) in [7, 11) is 2.20. The molecule has 1 aromatic heterocycles. The van der Waals surface area contributed by atoms with Crippen LogP contribution in [0.2, 0.25) is 0 Å². The number of aromatic nitrogens is 1. The highest BCUT2D eigenvalue weighted by atomic mass is 15.2. The van der Waals surface area contributed by atoms with Crippen LogP contribution in [-0.4, -0.2) is 36.1 Å². The molecule has 0 aromatic carbocycles. The van der Waals surface area contributed by atoms with E-state index in [2.05, 4.69) is 35.2 Å². The topological polar surface area (TPSA) is 28.2 Å². The number of likely N-dealkylation sites (N-methyl/N-ethyl adjacent to an activating group) is 1. The molecule has 1 saturated heterocycles. The van der Waals surface area contributed by atoms with E-state index in [1.54, 1.807) is 0 Å². The predicted octanol–water partition coefficient (Wildman–Crippen LogP) is 1.18. The lowest BCUT2D eigenvalue weighted by atomic mass is 10.1. The quantitative estimate of drug-likeness (QED) is 0.803. The fourth-order valence-corrected chi connectivity index (χ4v) is 2.10. The number of nitrogens with zero attached hydrogens (tertiary/aromatic N) is 2. The zero-order chi connectivity index (χ0) is 10.7. The van der Waals surface area contributed by atoms with Gasteiger partial charge in [-0.25, -0.2) is 0 Å². The molecule has 0 bridgehead atoms. The first-order valence-electron chi connectivity index (χ1n) is 5.59. The second-order valence-electron chi connectivity index (χ2n) is 4.31. The Kier molecular flexibility index (Phi) is 3.34. The molecule has 2 heterocycles. The Morgan fingerprint density at radius 1 is 1.60 bits per heavy atom. The fourth-order valence-electron chi connectivity index (χ4n) is 2.10. The van der Waals surface area contributed by atoms with Crippen molar-refractivity contribution in [3.05, 3.63) is 29.6 Å². The van der Waals surface area contributed by atoms with E-state index in [0.717, 1.165) is 25.3 Å². The summed E-state index contributed by atoms with van der Waals surface area (Å²) in [5.41, 5.74) is 2.49. The number of pyridine rings is 1. The lowest BCUT2D eigenvalue weighted by Gasteiger charge is -2.23. The fraction of sp³-hybridized carbons (Fsp3) is 0.583. The molecule has 1 N–H and O–H groups in total. The van der Waals surface area contributed by atoms with Gasteiger partial charge in [-0.1, -0.05) is 6.07 Å². The van der Waals surface area contributed by atoms with Crippen molar-refractivity contribution in [2.24, 2.45) is 0 Å². The smallest absolute Gasteiger partial charge is 0.0417 e. The second-order valence-corrected chi connectivity index (χ2v) is 4.31. The van der Waals surface area contributed by atoms with E-state index in [0.29, 0.717) is 6.04 Å². The van der Waals surface area contributed by atoms with Crippen molar-refractivity contribution in [3.63, 3.8) is 0 Å². The normalized spacial score (nSPS) is 21.1. The van der Waals surface area contributed by atoms with Gasteiger partial charge in [0.1, 0.15) is 0 Å². The third kappa shape index (κ3) is 2.55. The molecule has 1 aliphatic heterocycles. The van der Waals surface area contributed by atoms with Crippen molar-refractivity contribution >= 4 is 0 Å². The van der Waals surface area contributed by atoms with Crippen LogP contribution < -0.4 is 5.32 Å². The standard InChI is InChI=1S/C12H19N3/c1-10-11(4-3-6-14-10)9-15(2)12-5-7-13-8-12/h3-4,6,12-13H,5,7-9H2,1-2H3. The van der Waals surface area contributed by atoms with Crippen molar-refractivity contribution in [3.8, 4) is 0 Å². The Morgan fingerprint density at radius 2 is 2.47 bits per heavy atom. The van der Waals surface area contributed by atoms with Crippen molar-refractivity contribution in [2.45, 2.75) is 25.9 Å². The van der Waals surface area contributed by atoms with Crippen LogP contribution in [0.25, 0.3) is 0 Å². The molecule has 3 heteroatoms. The van der Waals surface area contributed by atoms with Gasteiger partial charge >= 0.3 is 0 Å². The molecule has 2 rings (SSSR count). The van der Waals surface area contributed by atoms with E-state index >= 15 is 0 Å². The zero-order valence-corrected chi connectivity index (χ0v) is 9.53. The molecule has 1 aliphatic rings. The molecule has 1 fully saturated rings. The minimum atomic E-state index is 0.685. The average Bonchev–Trinajstić information content (AvgIpc) is 2.74. The van der Waals surface area contributed by atoms with E-state index in [1.165, 1.54) is 12.0 Å². The summed E-state index contributed by atoms with van der Waals surface area (Å²) in [6.45, 7) is 5.36. The molecule has 1 atom stereocenters. The van der Waals surface area contributed by atoms with Crippen LogP contribution in [0.4, 0.5) is 0 Å². The highest BCUT2D eigenvalue weighted by molar-refractivity contribution is 5.18. The van der Waals surface area contributed by atoms with Gasteiger partial charge in [0.25, 0.3) is 0 Å². The minimum Gasteiger partial charge on any atom is -0.315 e. The summed E-state index contributed by atoms with van der Waals surface area (Å²) in [5.74, 6) is 0. The van der Waals surface area contributed by atoms with Gasteiger partial charge in [-0.15, -0.1) is 0 Å². The summed E-state index contributed by atoms with van der Waals surface area (Å²) in [4.78, 5) is 6.74. The average molecular weight is 205 g/mol. The van der Waals surface area contributed by atoms with E-state index in [1.807, 2.05) is 12.3 Å². The molecular weight excluding hydrogens is 186 g/mol. The maximum Gasteiger partial charge on any atom is 0.0417 e. The monoisotopic (exact) mass is 205 g/mol. The van der Waals surface area contributed by atoms with Gasteiger partial charge in [-0.3, -0.25) is 9.88 Å². The van der Waals surface area contributed by atoms with Crippen LogP contribution in [0.1, 0.15) is 17.7 Å². The number of hydrogen-bond acceptors (Lipinski definition) is 3. The maximum absolute atomic E-state index is 4.32. The molecule has 0 amide bonds. The van der Waals surface area contributed by atoms with E-state index < -0.39 is 0 Å². The first-order valence-corrected chi connectivity index (χ1v) is 5.59. The van der Waals surface area contributed by atoms with Gasteiger partial charge in [0, 0.05) is 31.0 Å². The lowest BCUT2D eigenvalue weighted by molar-refractivity contribution is 0.248. The summed E-state index contributed by atoms with van der Waals surface area (Å²) >= 11 is 0. The second kappa shape index (κ2) is 4.73. The molecule has 1 unspecified atom stereocenters. The molecule has 82 valence electrons.